The number of benzene rings is 1. The summed E-state index contributed by atoms with van der Waals surface area (Å²) in [5.74, 6) is 0.911. The van der Waals surface area contributed by atoms with Crippen molar-refractivity contribution in [2.24, 2.45) is 5.73 Å². The third-order valence-corrected chi connectivity index (χ3v) is 5.25. The second-order valence-electron chi connectivity index (χ2n) is 6.47. The number of rotatable bonds is 6. The van der Waals surface area contributed by atoms with Gasteiger partial charge in [0.05, 0.1) is 12.6 Å². The predicted octanol–water partition coefficient (Wildman–Crippen LogP) is 2.78. The average Bonchev–Trinajstić information content (AvgIpc) is 3.17. The predicted molar refractivity (Wildman–Crippen MR) is 99.5 cm³/mol. The number of amides is 1. The number of hydrogen-bond acceptors (Lipinski definition) is 5. The first-order valence-corrected chi connectivity index (χ1v) is 9.47. The zero-order valence-electron chi connectivity index (χ0n) is 14.7. The Kier molecular flexibility index (Phi) is 5.83. The van der Waals surface area contributed by atoms with Crippen LogP contribution in [0.2, 0.25) is 0 Å². The molecule has 1 aromatic heterocycles. The van der Waals surface area contributed by atoms with Gasteiger partial charge >= 0.3 is 0 Å². The van der Waals surface area contributed by atoms with Crippen molar-refractivity contribution >= 4 is 17.7 Å². The number of furan rings is 1. The van der Waals surface area contributed by atoms with E-state index in [4.69, 9.17) is 10.2 Å². The number of aryl methyl sites for hydroxylation is 1. The molecule has 1 aliphatic heterocycles. The first kappa shape index (κ1) is 18.0. The van der Waals surface area contributed by atoms with E-state index in [1.165, 1.54) is 5.56 Å². The summed E-state index contributed by atoms with van der Waals surface area (Å²) in [6, 6.07) is 12.2. The quantitative estimate of drug-likeness (QED) is 0.830. The molecule has 0 aliphatic carbocycles. The lowest BCUT2D eigenvalue weighted by molar-refractivity contribution is -0.125. The van der Waals surface area contributed by atoms with Gasteiger partial charge in [-0.05, 0) is 44.5 Å². The van der Waals surface area contributed by atoms with Crippen LogP contribution in [0.1, 0.15) is 24.7 Å². The zero-order valence-corrected chi connectivity index (χ0v) is 15.5. The van der Waals surface area contributed by atoms with Gasteiger partial charge in [0, 0.05) is 24.0 Å². The average molecular weight is 359 g/mol. The Morgan fingerprint density at radius 2 is 2.08 bits per heavy atom. The number of nitrogens with two attached hydrogens (primary N) is 1. The molecule has 0 radical (unpaired) electrons. The molecule has 5 nitrogen and oxygen atoms in total. The van der Waals surface area contributed by atoms with Gasteiger partial charge in [-0.15, -0.1) is 0 Å². The molecule has 2 heterocycles. The fourth-order valence-electron chi connectivity index (χ4n) is 3.10. The molecule has 6 heteroatoms. The SMILES string of the molecule is CCNC(=O)[C@@H]1C[C@H](N)CN1Cc1ccc(Sc2ccc(C)cc2)o1. The molecule has 2 aromatic rings. The highest BCUT2D eigenvalue weighted by atomic mass is 32.2. The van der Waals surface area contributed by atoms with Crippen molar-refractivity contribution in [1.82, 2.24) is 10.2 Å². The van der Waals surface area contributed by atoms with E-state index in [0.29, 0.717) is 26.1 Å². The molecular weight excluding hydrogens is 334 g/mol. The number of carbonyl (C=O) groups excluding carboxylic acids is 1. The third kappa shape index (κ3) is 4.66. The van der Waals surface area contributed by atoms with Crippen LogP contribution in [0, 0.1) is 6.92 Å². The van der Waals surface area contributed by atoms with Crippen LogP contribution in [0.3, 0.4) is 0 Å². The van der Waals surface area contributed by atoms with E-state index < -0.39 is 0 Å². The Labute approximate surface area is 152 Å². The molecule has 1 saturated heterocycles. The Hall–Kier alpha value is -1.76. The number of nitrogens with zero attached hydrogens (tertiary/aromatic N) is 1. The smallest absolute Gasteiger partial charge is 0.237 e. The van der Waals surface area contributed by atoms with E-state index in [0.717, 1.165) is 15.7 Å². The summed E-state index contributed by atoms with van der Waals surface area (Å²) in [5.41, 5.74) is 7.31. The first-order chi connectivity index (χ1) is 12.0. The number of likely N-dealkylation sites (tertiary alicyclic amines) is 1. The molecule has 1 aliphatic rings. The van der Waals surface area contributed by atoms with Crippen molar-refractivity contribution in [3.05, 3.63) is 47.7 Å². The van der Waals surface area contributed by atoms with Gasteiger partial charge in [0.1, 0.15) is 5.76 Å². The van der Waals surface area contributed by atoms with Gasteiger partial charge in [-0.25, -0.2) is 0 Å². The molecule has 2 atom stereocenters. The normalized spacial score (nSPS) is 20.8. The van der Waals surface area contributed by atoms with Crippen LogP contribution in [-0.2, 0) is 11.3 Å². The Bertz CT molecular complexity index is 714. The van der Waals surface area contributed by atoms with Crippen LogP contribution < -0.4 is 11.1 Å². The maximum absolute atomic E-state index is 12.2. The topological polar surface area (TPSA) is 71.5 Å². The van der Waals surface area contributed by atoms with E-state index in [-0.39, 0.29) is 18.0 Å². The highest BCUT2D eigenvalue weighted by Gasteiger charge is 2.35. The fourth-order valence-corrected chi connectivity index (χ4v) is 3.89. The highest BCUT2D eigenvalue weighted by molar-refractivity contribution is 7.99. The maximum atomic E-state index is 12.2. The second kappa shape index (κ2) is 8.08. The van der Waals surface area contributed by atoms with Crippen LogP contribution in [0.5, 0.6) is 0 Å². The van der Waals surface area contributed by atoms with Crippen molar-refractivity contribution in [1.29, 1.82) is 0 Å². The van der Waals surface area contributed by atoms with E-state index in [1.54, 1.807) is 11.8 Å². The summed E-state index contributed by atoms with van der Waals surface area (Å²) < 4.78 is 5.95. The van der Waals surface area contributed by atoms with Gasteiger partial charge < -0.3 is 15.5 Å². The minimum atomic E-state index is -0.173. The van der Waals surface area contributed by atoms with E-state index in [1.807, 2.05) is 19.1 Å². The largest absolute Gasteiger partial charge is 0.453 e. The Morgan fingerprint density at radius 3 is 2.80 bits per heavy atom. The highest BCUT2D eigenvalue weighted by Crippen LogP contribution is 2.30. The molecule has 0 spiro atoms. The fraction of sp³-hybridized carbons (Fsp3) is 0.421. The van der Waals surface area contributed by atoms with Crippen molar-refractivity contribution in [3.8, 4) is 0 Å². The molecule has 25 heavy (non-hydrogen) atoms. The zero-order chi connectivity index (χ0) is 17.8. The third-order valence-electron chi connectivity index (χ3n) is 4.32. The van der Waals surface area contributed by atoms with Crippen LogP contribution >= 0.6 is 11.8 Å². The lowest BCUT2D eigenvalue weighted by Crippen LogP contribution is -2.42. The summed E-state index contributed by atoms with van der Waals surface area (Å²) in [6.45, 7) is 5.95. The van der Waals surface area contributed by atoms with E-state index in [9.17, 15) is 4.79 Å². The monoisotopic (exact) mass is 359 g/mol. The van der Waals surface area contributed by atoms with Crippen molar-refractivity contribution in [2.45, 2.75) is 48.9 Å². The van der Waals surface area contributed by atoms with Gasteiger partial charge in [-0.3, -0.25) is 9.69 Å². The molecule has 1 amide bonds. The lowest BCUT2D eigenvalue weighted by Gasteiger charge is -2.22. The number of likely N-dealkylation sites (N-methyl/N-ethyl adjacent to an activating group) is 1. The maximum Gasteiger partial charge on any atom is 0.237 e. The first-order valence-electron chi connectivity index (χ1n) is 8.65. The van der Waals surface area contributed by atoms with Crippen molar-refractivity contribution in [2.75, 3.05) is 13.1 Å². The number of nitrogens with one attached hydrogen (secondary N) is 1. The Morgan fingerprint density at radius 1 is 1.32 bits per heavy atom. The minimum absolute atomic E-state index is 0.0315. The van der Waals surface area contributed by atoms with Crippen LogP contribution in [-0.4, -0.2) is 36.0 Å². The van der Waals surface area contributed by atoms with Gasteiger partial charge in [0.2, 0.25) is 5.91 Å². The van der Waals surface area contributed by atoms with Crippen molar-refractivity contribution in [3.63, 3.8) is 0 Å². The Balaban J connectivity index is 1.63. The molecule has 0 saturated carbocycles. The number of carbonyl (C=O) groups is 1. The molecule has 3 N–H and O–H groups in total. The van der Waals surface area contributed by atoms with Crippen molar-refractivity contribution < 1.29 is 9.21 Å². The van der Waals surface area contributed by atoms with Gasteiger partial charge in [0.25, 0.3) is 0 Å². The summed E-state index contributed by atoms with van der Waals surface area (Å²) in [4.78, 5) is 15.5. The molecule has 0 unspecified atom stereocenters. The summed E-state index contributed by atoms with van der Waals surface area (Å²) >= 11 is 1.60. The molecule has 1 aromatic carbocycles. The summed E-state index contributed by atoms with van der Waals surface area (Å²) in [5, 5.41) is 3.75. The number of hydrogen-bond donors (Lipinski definition) is 2. The lowest BCUT2D eigenvalue weighted by atomic mass is 10.1. The molecule has 1 fully saturated rings. The standard InChI is InChI=1S/C19H25N3O2S/c1-3-21-19(23)17-10-14(20)11-22(17)12-15-6-9-18(24-15)25-16-7-4-13(2)5-8-16/h4-9,14,17H,3,10-12,20H2,1-2H3,(H,21,23)/t14-,17-/m0/s1. The van der Waals surface area contributed by atoms with Gasteiger partial charge in [0.15, 0.2) is 5.09 Å². The summed E-state index contributed by atoms with van der Waals surface area (Å²) in [6.07, 6.45) is 0.692. The van der Waals surface area contributed by atoms with Gasteiger partial charge in [-0.1, -0.05) is 29.5 Å². The van der Waals surface area contributed by atoms with E-state index in [2.05, 4.69) is 41.4 Å². The minimum Gasteiger partial charge on any atom is -0.453 e. The molecule has 0 bridgehead atoms. The molecular formula is C19H25N3O2S. The summed E-state index contributed by atoms with van der Waals surface area (Å²) in [7, 11) is 0. The second-order valence-corrected chi connectivity index (χ2v) is 7.55. The van der Waals surface area contributed by atoms with Crippen LogP contribution in [0.4, 0.5) is 0 Å². The van der Waals surface area contributed by atoms with E-state index >= 15 is 0 Å². The molecule has 134 valence electrons. The van der Waals surface area contributed by atoms with Gasteiger partial charge in [-0.2, -0.15) is 0 Å². The van der Waals surface area contributed by atoms with Crippen LogP contribution in [0.15, 0.2) is 50.8 Å². The van der Waals surface area contributed by atoms with Crippen LogP contribution in [0.25, 0.3) is 0 Å². The molecule has 3 rings (SSSR count).